The van der Waals surface area contributed by atoms with Crippen LogP contribution >= 0.6 is 0 Å². The van der Waals surface area contributed by atoms with E-state index in [9.17, 15) is 9.18 Å². The maximum Gasteiger partial charge on any atom is 0.251 e. The fraction of sp³-hybridized carbons (Fsp3) is 0.235. The molecule has 1 atom stereocenters. The molecule has 21 heavy (non-hydrogen) atoms. The zero-order valence-corrected chi connectivity index (χ0v) is 12.0. The van der Waals surface area contributed by atoms with Crippen LogP contribution in [-0.2, 0) is 0 Å². The van der Waals surface area contributed by atoms with Crippen LogP contribution in [0, 0.1) is 5.82 Å². The van der Waals surface area contributed by atoms with Gasteiger partial charge in [0.1, 0.15) is 5.82 Å². The molecule has 0 aliphatic heterocycles. The summed E-state index contributed by atoms with van der Waals surface area (Å²) in [6, 6.07) is 13.9. The van der Waals surface area contributed by atoms with E-state index in [1.165, 1.54) is 12.1 Å². The summed E-state index contributed by atoms with van der Waals surface area (Å²) in [5, 5.41) is 2.59. The van der Waals surface area contributed by atoms with Gasteiger partial charge >= 0.3 is 0 Å². The lowest BCUT2D eigenvalue weighted by molar-refractivity contribution is 0.0963. The Morgan fingerprint density at radius 1 is 1.10 bits per heavy atom. The highest BCUT2D eigenvalue weighted by Gasteiger charge is 2.14. The molecule has 4 heteroatoms. The van der Waals surface area contributed by atoms with Crippen molar-refractivity contribution >= 4 is 5.91 Å². The molecule has 1 amide bonds. The molecule has 0 radical (unpaired) electrons. The summed E-state index contributed by atoms with van der Waals surface area (Å²) in [6.45, 7) is 0.541. The standard InChI is InChI=1S/C17H19FN2O/c1-20-17(21)14-4-2-12(3-5-14)16(10-11-19)13-6-8-15(18)9-7-13/h2-9,16H,10-11,19H2,1H3,(H,20,21)/t16-/m0/s1. The fourth-order valence-corrected chi connectivity index (χ4v) is 2.40. The molecule has 0 aliphatic carbocycles. The number of hydrogen-bond acceptors (Lipinski definition) is 2. The maximum absolute atomic E-state index is 13.1. The zero-order chi connectivity index (χ0) is 15.2. The first-order valence-corrected chi connectivity index (χ1v) is 6.93. The molecule has 0 saturated carbocycles. The van der Waals surface area contributed by atoms with Gasteiger partial charge in [-0.15, -0.1) is 0 Å². The maximum atomic E-state index is 13.1. The van der Waals surface area contributed by atoms with Crippen molar-refractivity contribution < 1.29 is 9.18 Å². The van der Waals surface area contributed by atoms with Crippen molar-refractivity contribution in [2.75, 3.05) is 13.6 Å². The van der Waals surface area contributed by atoms with E-state index in [1.54, 1.807) is 31.3 Å². The van der Waals surface area contributed by atoms with E-state index in [-0.39, 0.29) is 17.6 Å². The average Bonchev–Trinajstić information content (AvgIpc) is 2.53. The van der Waals surface area contributed by atoms with E-state index in [0.29, 0.717) is 12.1 Å². The molecule has 0 aromatic heterocycles. The van der Waals surface area contributed by atoms with Crippen LogP contribution in [0.3, 0.4) is 0 Å². The van der Waals surface area contributed by atoms with E-state index < -0.39 is 0 Å². The average molecular weight is 286 g/mol. The minimum Gasteiger partial charge on any atom is -0.355 e. The number of halogens is 1. The van der Waals surface area contributed by atoms with Gasteiger partial charge in [0.25, 0.3) is 5.91 Å². The number of nitrogens with one attached hydrogen (secondary N) is 1. The topological polar surface area (TPSA) is 55.1 Å². The van der Waals surface area contributed by atoms with Crippen LogP contribution in [0.25, 0.3) is 0 Å². The second-order valence-corrected chi connectivity index (χ2v) is 4.88. The predicted octanol–water partition coefficient (Wildman–Crippen LogP) is 2.67. The van der Waals surface area contributed by atoms with Gasteiger partial charge in [0.2, 0.25) is 0 Å². The summed E-state index contributed by atoms with van der Waals surface area (Å²) in [4.78, 5) is 11.6. The third-order valence-corrected chi connectivity index (χ3v) is 3.53. The van der Waals surface area contributed by atoms with Gasteiger partial charge in [-0.1, -0.05) is 24.3 Å². The van der Waals surface area contributed by atoms with Crippen LogP contribution in [0.15, 0.2) is 48.5 Å². The molecule has 2 aromatic carbocycles. The van der Waals surface area contributed by atoms with Crippen LogP contribution in [-0.4, -0.2) is 19.5 Å². The molecule has 0 spiro atoms. The molecule has 0 saturated heterocycles. The van der Waals surface area contributed by atoms with E-state index >= 15 is 0 Å². The monoisotopic (exact) mass is 286 g/mol. The zero-order valence-electron chi connectivity index (χ0n) is 12.0. The smallest absolute Gasteiger partial charge is 0.251 e. The number of amides is 1. The van der Waals surface area contributed by atoms with Crippen LogP contribution in [0.1, 0.15) is 33.8 Å². The molecule has 2 rings (SSSR count). The summed E-state index contributed by atoms with van der Waals surface area (Å²) in [5.41, 5.74) is 8.40. The van der Waals surface area contributed by atoms with Crippen molar-refractivity contribution in [2.45, 2.75) is 12.3 Å². The Kier molecular flexibility index (Phi) is 5.06. The van der Waals surface area contributed by atoms with Crippen molar-refractivity contribution in [3.05, 3.63) is 71.0 Å². The van der Waals surface area contributed by atoms with Gasteiger partial charge < -0.3 is 11.1 Å². The highest BCUT2D eigenvalue weighted by molar-refractivity contribution is 5.93. The predicted molar refractivity (Wildman–Crippen MR) is 81.7 cm³/mol. The minimum absolute atomic E-state index is 0.106. The van der Waals surface area contributed by atoms with Gasteiger partial charge in [0, 0.05) is 18.5 Å². The van der Waals surface area contributed by atoms with Crippen LogP contribution in [0.5, 0.6) is 0 Å². The van der Waals surface area contributed by atoms with Crippen molar-refractivity contribution in [1.29, 1.82) is 0 Å². The largest absolute Gasteiger partial charge is 0.355 e. The molecule has 3 N–H and O–H groups in total. The highest BCUT2D eigenvalue weighted by atomic mass is 19.1. The second kappa shape index (κ2) is 6.99. The quantitative estimate of drug-likeness (QED) is 0.888. The molecule has 0 bridgehead atoms. The molecular weight excluding hydrogens is 267 g/mol. The molecule has 0 unspecified atom stereocenters. The summed E-state index contributed by atoms with van der Waals surface area (Å²) >= 11 is 0. The van der Waals surface area contributed by atoms with Crippen molar-refractivity contribution in [2.24, 2.45) is 5.73 Å². The first kappa shape index (κ1) is 15.2. The summed E-state index contributed by atoms with van der Waals surface area (Å²) in [6.07, 6.45) is 0.769. The van der Waals surface area contributed by atoms with Gasteiger partial charge in [-0.05, 0) is 48.4 Å². The molecule has 0 fully saturated rings. The lowest BCUT2D eigenvalue weighted by Gasteiger charge is -2.17. The van der Waals surface area contributed by atoms with Gasteiger partial charge in [0.15, 0.2) is 0 Å². The Morgan fingerprint density at radius 2 is 1.62 bits per heavy atom. The summed E-state index contributed by atoms with van der Waals surface area (Å²) in [5.74, 6) is -0.256. The minimum atomic E-state index is -0.250. The van der Waals surface area contributed by atoms with E-state index in [0.717, 1.165) is 17.5 Å². The van der Waals surface area contributed by atoms with Crippen LogP contribution in [0.2, 0.25) is 0 Å². The third-order valence-electron chi connectivity index (χ3n) is 3.53. The Labute approximate surface area is 124 Å². The molecule has 110 valence electrons. The molecular formula is C17H19FN2O. The Bertz CT molecular complexity index is 593. The Morgan fingerprint density at radius 3 is 2.10 bits per heavy atom. The molecule has 2 aromatic rings. The number of carbonyl (C=O) groups excluding carboxylic acids is 1. The normalized spacial score (nSPS) is 12.0. The molecule has 3 nitrogen and oxygen atoms in total. The lowest BCUT2D eigenvalue weighted by Crippen LogP contribution is -2.17. The first-order valence-electron chi connectivity index (χ1n) is 6.93. The number of carbonyl (C=O) groups is 1. The number of benzene rings is 2. The van der Waals surface area contributed by atoms with Crippen molar-refractivity contribution in [3.8, 4) is 0 Å². The Balaban J connectivity index is 2.29. The van der Waals surface area contributed by atoms with Gasteiger partial charge in [-0.3, -0.25) is 4.79 Å². The SMILES string of the molecule is CNC(=O)c1ccc([C@H](CCN)c2ccc(F)cc2)cc1. The fourth-order valence-electron chi connectivity index (χ4n) is 2.40. The number of hydrogen-bond donors (Lipinski definition) is 2. The van der Waals surface area contributed by atoms with Crippen molar-refractivity contribution in [3.63, 3.8) is 0 Å². The number of rotatable bonds is 5. The van der Waals surface area contributed by atoms with Gasteiger partial charge in [-0.25, -0.2) is 4.39 Å². The summed E-state index contributed by atoms with van der Waals surface area (Å²) in [7, 11) is 1.60. The lowest BCUT2D eigenvalue weighted by atomic mass is 9.88. The van der Waals surface area contributed by atoms with E-state index in [1.807, 2.05) is 12.1 Å². The Hall–Kier alpha value is -2.20. The van der Waals surface area contributed by atoms with Crippen LogP contribution < -0.4 is 11.1 Å². The molecule has 0 aliphatic rings. The van der Waals surface area contributed by atoms with Gasteiger partial charge in [0.05, 0.1) is 0 Å². The van der Waals surface area contributed by atoms with Crippen molar-refractivity contribution in [1.82, 2.24) is 5.32 Å². The highest BCUT2D eigenvalue weighted by Crippen LogP contribution is 2.28. The third kappa shape index (κ3) is 3.67. The van der Waals surface area contributed by atoms with Gasteiger partial charge in [-0.2, -0.15) is 0 Å². The molecule has 0 heterocycles. The van der Waals surface area contributed by atoms with Crippen LogP contribution in [0.4, 0.5) is 4.39 Å². The number of nitrogens with two attached hydrogens (primary N) is 1. The van der Waals surface area contributed by atoms with E-state index in [4.69, 9.17) is 5.73 Å². The second-order valence-electron chi connectivity index (χ2n) is 4.88. The summed E-state index contributed by atoms with van der Waals surface area (Å²) < 4.78 is 13.1. The van der Waals surface area contributed by atoms with E-state index in [2.05, 4.69) is 5.32 Å². The first-order chi connectivity index (χ1) is 10.2.